The van der Waals surface area contributed by atoms with Gasteiger partial charge in [0, 0.05) is 25.0 Å². The van der Waals surface area contributed by atoms with E-state index in [1.165, 1.54) is 12.8 Å². The van der Waals surface area contributed by atoms with Crippen molar-refractivity contribution in [2.45, 2.75) is 57.7 Å². The zero-order valence-electron chi connectivity index (χ0n) is 15.7. The highest BCUT2D eigenvalue weighted by Crippen LogP contribution is 2.42. The maximum Gasteiger partial charge on any atom is 0.239 e. The molecule has 3 atom stereocenters. The fourth-order valence-electron chi connectivity index (χ4n) is 4.23. The first-order valence-corrected chi connectivity index (χ1v) is 9.84. The van der Waals surface area contributed by atoms with E-state index in [-0.39, 0.29) is 29.5 Å². The van der Waals surface area contributed by atoms with Crippen molar-refractivity contribution < 1.29 is 14.3 Å². The first kappa shape index (κ1) is 17.3. The standard InChI is InChI=1S/C19H31N3O3/c1-12(2)20-17(23)16-8-25-19(9-21(16)7-14-4-5-14)10-22(11-19)18(24)15-6-13(15)3/h12-16H,4-11H2,1-3H3,(H,20,23)/t13-,15-,16-/m0/s1. The molecular weight excluding hydrogens is 318 g/mol. The van der Waals surface area contributed by atoms with Crippen molar-refractivity contribution in [3.05, 3.63) is 0 Å². The van der Waals surface area contributed by atoms with Gasteiger partial charge in [-0.3, -0.25) is 14.5 Å². The van der Waals surface area contributed by atoms with E-state index < -0.39 is 0 Å². The van der Waals surface area contributed by atoms with E-state index >= 15 is 0 Å². The van der Waals surface area contributed by atoms with E-state index in [9.17, 15) is 9.59 Å². The number of nitrogens with one attached hydrogen (secondary N) is 1. The zero-order valence-corrected chi connectivity index (χ0v) is 15.7. The van der Waals surface area contributed by atoms with Crippen LogP contribution in [-0.4, -0.2) is 72.1 Å². The minimum atomic E-state index is -0.253. The summed E-state index contributed by atoms with van der Waals surface area (Å²) in [5.41, 5.74) is -0.253. The van der Waals surface area contributed by atoms with Crippen molar-refractivity contribution in [1.82, 2.24) is 15.1 Å². The van der Waals surface area contributed by atoms with E-state index in [4.69, 9.17) is 4.74 Å². The first-order valence-electron chi connectivity index (χ1n) is 9.84. The van der Waals surface area contributed by atoms with Gasteiger partial charge in [0.1, 0.15) is 11.6 Å². The van der Waals surface area contributed by atoms with Crippen LogP contribution in [0.5, 0.6) is 0 Å². The van der Waals surface area contributed by atoms with Gasteiger partial charge in [-0.05, 0) is 44.9 Å². The van der Waals surface area contributed by atoms with Crippen molar-refractivity contribution in [3.63, 3.8) is 0 Å². The summed E-state index contributed by atoms with van der Waals surface area (Å²) in [6.07, 6.45) is 3.58. The molecule has 2 aliphatic carbocycles. The molecule has 6 nitrogen and oxygen atoms in total. The van der Waals surface area contributed by atoms with Crippen LogP contribution in [0.15, 0.2) is 0 Å². The fraction of sp³-hybridized carbons (Fsp3) is 0.895. The topological polar surface area (TPSA) is 61.9 Å². The number of nitrogens with zero attached hydrogens (tertiary/aromatic N) is 2. The molecule has 2 amide bonds. The molecule has 4 fully saturated rings. The Morgan fingerprint density at radius 1 is 1.24 bits per heavy atom. The van der Waals surface area contributed by atoms with Gasteiger partial charge in [-0.1, -0.05) is 6.92 Å². The Morgan fingerprint density at radius 2 is 1.92 bits per heavy atom. The number of morpholine rings is 1. The number of carbonyl (C=O) groups is 2. The van der Waals surface area contributed by atoms with Gasteiger partial charge in [0.2, 0.25) is 11.8 Å². The first-order chi connectivity index (χ1) is 11.9. The molecule has 1 spiro atoms. The van der Waals surface area contributed by atoms with Gasteiger partial charge in [0.25, 0.3) is 0 Å². The molecule has 4 rings (SSSR count). The molecular formula is C19H31N3O3. The maximum absolute atomic E-state index is 12.5. The highest BCUT2D eigenvalue weighted by Gasteiger charge is 2.55. The monoisotopic (exact) mass is 349 g/mol. The van der Waals surface area contributed by atoms with Gasteiger partial charge in [0.05, 0.1) is 19.7 Å². The second-order valence-corrected chi connectivity index (χ2v) is 9.06. The SMILES string of the molecule is CC(C)NC(=O)[C@@H]1COC2(CN(C(=O)[C@H]3C[C@@H]3C)C2)CN1CC1CC1. The molecule has 140 valence electrons. The molecule has 4 aliphatic rings. The number of rotatable bonds is 5. The third-order valence-electron chi connectivity index (χ3n) is 6.10. The Morgan fingerprint density at radius 3 is 2.48 bits per heavy atom. The number of carbonyl (C=O) groups excluding carboxylic acids is 2. The van der Waals surface area contributed by atoms with Gasteiger partial charge < -0.3 is 15.0 Å². The predicted molar refractivity (Wildman–Crippen MR) is 93.9 cm³/mol. The second kappa shape index (κ2) is 6.23. The van der Waals surface area contributed by atoms with Gasteiger partial charge in [0.15, 0.2) is 0 Å². The zero-order chi connectivity index (χ0) is 17.8. The number of amides is 2. The summed E-state index contributed by atoms with van der Waals surface area (Å²) in [6.45, 7) is 9.69. The number of likely N-dealkylation sites (tertiary alicyclic amines) is 1. The summed E-state index contributed by atoms with van der Waals surface area (Å²) in [4.78, 5) is 29.2. The molecule has 0 aromatic carbocycles. The van der Waals surface area contributed by atoms with Crippen LogP contribution in [0.3, 0.4) is 0 Å². The summed E-state index contributed by atoms with van der Waals surface area (Å²) < 4.78 is 6.16. The highest BCUT2D eigenvalue weighted by molar-refractivity contribution is 5.83. The lowest BCUT2D eigenvalue weighted by Gasteiger charge is -2.55. The smallest absolute Gasteiger partial charge is 0.239 e. The van der Waals surface area contributed by atoms with Crippen LogP contribution in [-0.2, 0) is 14.3 Å². The number of hydrogen-bond acceptors (Lipinski definition) is 4. The lowest BCUT2D eigenvalue weighted by Crippen LogP contribution is -2.74. The molecule has 0 unspecified atom stereocenters. The third-order valence-corrected chi connectivity index (χ3v) is 6.10. The maximum atomic E-state index is 12.5. The van der Waals surface area contributed by atoms with E-state index in [1.54, 1.807) is 0 Å². The van der Waals surface area contributed by atoms with Crippen molar-refractivity contribution in [3.8, 4) is 0 Å². The lowest BCUT2D eigenvalue weighted by atomic mass is 9.89. The van der Waals surface area contributed by atoms with Crippen LogP contribution in [0.2, 0.25) is 0 Å². The Balaban J connectivity index is 1.37. The molecule has 0 radical (unpaired) electrons. The minimum absolute atomic E-state index is 0.0737. The Hall–Kier alpha value is -1.14. The lowest BCUT2D eigenvalue weighted by molar-refractivity contribution is -0.205. The molecule has 1 N–H and O–H groups in total. The van der Waals surface area contributed by atoms with E-state index in [0.29, 0.717) is 31.5 Å². The molecule has 2 heterocycles. The van der Waals surface area contributed by atoms with Crippen LogP contribution in [0.25, 0.3) is 0 Å². The van der Waals surface area contributed by atoms with Crippen molar-refractivity contribution in [1.29, 1.82) is 0 Å². The third kappa shape index (κ3) is 3.56. The molecule has 2 saturated carbocycles. The largest absolute Gasteiger partial charge is 0.368 e. The van der Waals surface area contributed by atoms with Gasteiger partial charge in [-0.25, -0.2) is 0 Å². The summed E-state index contributed by atoms with van der Waals surface area (Å²) >= 11 is 0. The van der Waals surface area contributed by atoms with Crippen molar-refractivity contribution >= 4 is 11.8 Å². The normalized spacial score (nSPS) is 34.1. The van der Waals surface area contributed by atoms with E-state index in [2.05, 4.69) is 17.1 Å². The summed E-state index contributed by atoms with van der Waals surface area (Å²) in [5, 5.41) is 3.03. The van der Waals surface area contributed by atoms with Crippen molar-refractivity contribution in [2.24, 2.45) is 17.8 Å². The molecule has 25 heavy (non-hydrogen) atoms. The molecule has 0 aromatic heterocycles. The van der Waals surface area contributed by atoms with Crippen LogP contribution in [0.4, 0.5) is 0 Å². The van der Waals surface area contributed by atoms with E-state index in [1.807, 2.05) is 18.7 Å². The summed E-state index contributed by atoms with van der Waals surface area (Å²) in [7, 11) is 0. The van der Waals surface area contributed by atoms with Crippen molar-refractivity contribution in [2.75, 3.05) is 32.8 Å². The van der Waals surface area contributed by atoms with E-state index in [0.717, 1.165) is 25.4 Å². The quantitative estimate of drug-likeness (QED) is 0.800. The molecule has 0 bridgehead atoms. The summed E-state index contributed by atoms with van der Waals surface area (Å²) in [5.74, 6) is 1.90. The fourth-order valence-corrected chi connectivity index (χ4v) is 4.23. The van der Waals surface area contributed by atoms with Crippen LogP contribution in [0, 0.1) is 17.8 Å². The average molecular weight is 349 g/mol. The van der Waals surface area contributed by atoms with Crippen LogP contribution in [0.1, 0.15) is 40.0 Å². The van der Waals surface area contributed by atoms with Gasteiger partial charge in [-0.15, -0.1) is 0 Å². The van der Waals surface area contributed by atoms with Crippen LogP contribution < -0.4 is 5.32 Å². The Kier molecular flexibility index (Phi) is 4.31. The Bertz CT molecular complexity index is 554. The van der Waals surface area contributed by atoms with Gasteiger partial charge in [-0.2, -0.15) is 0 Å². The molecule has 2 aliphatic heterocycles. The second-order valence-electron chi connectivity index (χ2n) is 9.06. The molecule has 6 heteroatoms. The molecule has 0 aromatic rings. The average Bonchev–Trinajstić information content (AvgIpc) is 3.41. The Labute approximate surface area is 150 Å². The predicted octanol–water partition coefficient (Wildman–Crippen LogP) is 0.859. The van der Waals surface area contributed by atoms with Crippen LogP contribution >= 0.6 is 0 Å². The van der Waals surface area contributed by atoms with Gasteiger partial charge >= 0.3 is 0 Å². The highest BCUT2D eigenvalue weighted by atomic mass is 16.5. The minimum Gasteiger partial charge on any atom is -0.368 e. The molecule has 2 saturated heterocycles. The summed E-state index contributed by atoms with van der Waals surface area (Å²) in [6, 6.07) is -0.0506. The number of ether oxygens (including phenoxy) is 1. The number of hydrogen-bond donors (Lipinski definition) is 1.